The quantitative estimate of drug-likeness (QED) is 0.702. The van der Waals surface area contributed by atoms with Crippen molar-refractivity contribution >= 4 is 15.9 Å². The summed E-state index contributed by atoms with van der Waals surface area (Å²) in [6.45, 7) is 0. The topological polar surface area (TPSA) is 0 Å². The Morgan fingerprint density at radius 2 is 2.06 bits per heavy atom. The van der Waals surface area contributed by atoms with Crippen LogP contribution in [-0.2, 0) is 6.42 Å². The van der Waals surface area contributed by atoms with E-state index in [2.05, 4.69) is 15.9 Å². The molecule has 0 radical (unpaired) electrons. The fraction of sp³-hybridized carbons (Fsp3) is 0.538. The molecule has 0 heterocycles. The van der Waals surface area contributed by atoms with Crippen LogP contribution >= 0.6 is 15.9 Å². The molecule has 1 aliphatic rings. The summed E-state index contributed by atoms with van der Waals surface area (Å²) in [6.07, 6.45) is 5.19. The van der Waals surface area contributed by atoms with Crippen molar-refractivity contribution in [3.05, 3.63) is 35.4 Å². The number of hydrogen-bond donors (Lipinski definition) is 0. The molecular formula is C13H15BrF2. The average molecular weight is 289 g/mol. The normalized spacial score (nSPS) is 17.4. The van der Waals surface area contributed by atoms with E-state index in [-0.39, 0.29) is 11.6 Å². The van der Waals surface area contributed by atoms with Crippen LogP contribution in [-0.4, -0.2) is 4.83 Å². The summed E-state index contributed by atoms with van der Waals surface area (Å²) in [5.74, 6) is 0.172. The van der Waals surface area contributed by atoms with Crippen molar-refractivity contribution in [1.29, 1.82) is 0 Å². The molecule has 0 bridgehead atoms. The van der Waals surface area contributed by atoms with Gasteiger partial charge in [-0.05, 0) is 61.8 Å². The first kappa shape index (κ1) is 12.0. The van der Waals surface area contributed by atoms with E-state index in [9.17, 15) is 8.78 Å². The molecule has 0 nitrogen and oxygen atoms in total. The molecule has 1 fully saturated rings. The van der Waals surface area contributed by atoms with E-state index in [0.29, 0.717) is 16.8 Å². The van der Waals surface area contributed by atoms with Gasteiger partial charge in [-0.15, -0.1) is 0 Å². The van der Waals surface area contributed by atoms with Crippen LogP contribution in [0.5, 0.6) is 0 Å². The fourth-order valence-electron chi connectivity index (χ4n) is 1.92. The molecular weight excluding hydrogens is 274 g/mol. The summed E-state index contributed by atoms with van der Waals surface area (Å²) >= 11 is 3.64. The molecule has 0 aliphatic heterocycles. The number of benzene rings is 1. The molecule has 0 saturated heterocycles. The zero-order valence-electron chi connectivity index (χ0n) is 9.06. The molecule has 1 aromatic rings. The lowest BCUT2D eigenvalue weighted by molar-refractivity contribution is 0.573. The summed E-state index contributed by atoms with van der Waals surface area (Å²) in [6, 6.07) is 3.67. The van der Waals surface area contributed by atoms with Crippen LogP contribution in [0.3, 0.4) is 0 Å². The van der Waals surface area contributed by atoms with Gasteiger partial charge in [0.15, 0.2) is 0 Å². The molecule has 0 amide bonds. The van der Waals surface area contributed by atoms with Gasteiger partial charge in [0.05, 0.1) is 0 Å². The zero-order chi connectivity index (χ0) is 11.5. The first-order valence-electron chi connectivity index (χ1n) is 5.75. The van der Waals surface area contributed by atoms with E-state index in [4.69, 9.17) is 0 Å². The Hall–Kier alpha value is -0.440. The van der Waals surface area contributed by atoms with Gasteiger partial charge in [0.2, 0.25) is 0 Å². The maximum absolute atomic E-state index is 13.3. The van der Waals surface area contributed by atoms with Crippen LogP contribution in [0.25, 0.3) is 0 Å². The number of hydrogen-bond acceptors (Lipinski definition) is 0. The predicted octanol–water partition coefficient (Wildman–Crippen LogP) is 4.46. The molecule has 2 rings (SSSR count). The fourth-order valence-corrected chi connectivity index (χ4v) is 2.77. The first-order chi connectivity index (χ1) is 7.66. The monoisotopic (exact) mass is 288 g/mol. The van der Waals surface area contributed by atoms with Crippen LogP contribution in [0.15, 0.2) is 18.2 Å². The summed E-state index contributed by atoms with van der Waals surface area (Å²) in [7, 11) is 0. The Kier molecular flexibility index (Phi) is 3.95. The Morgan fingerprint density at radius 1 is 1.31 bits per heavy atom. The van der Waals surface area contributed by atoms with Gasteiger partial charge in [-0.25, -0.2) is 8.78 Å². The van der Waals surface area contributed by atoms with Gasteiger partial charge in [-0.2, -0.15) is 0 Å². The minimum absolute atomic E-state index is 0.293. The molecule has 0 aromatic heterocycles. The summed E-state index contributed by atoms with van der Waals surface area (Å²) in [5, 5.41) is 0. The third-order valence-corrected chi connectivity index (χ3v) is 4.27. The van der Waals surface area contributed by atoms with Crippen molar-refractivity contribution in [2.45, 2.75) is 36.9 Å². The highest BCUT2D eigenvalue weighted by Crippen LogP contribution is 2.38. The Bertz CT molecular complexity index is 361. The van der Waals surface area contributed by atoms with Crippen LogP contribution in [0.1, 0.15) is 31.2 Å². The summed E-state index contributed by atoms with van der Waals surface area (Å²) < 4.78 is 26.2. The van der Waals surface area contributed by atoms with E-state index >= 15 is 0 Å². The van der Waals surface area contributed by atoms with E-state index in [1.54, 1.807) is 0 Å². The van der Waals surface area contributed by atoms with Crippen molar-refractivity contribution in [1.82, 2.24) is 0 Å². The minimum Gasteiger partial charge on any atom is -0.207 e. The van der Waals surface area contributed by atoms with E-state index in [1.807, 2.05) is 0 Å². The predicted molar refractivity (Wildman–Crippen MR) is 64.7 cm³/mol. The van der Waals surface area contributed by atoms with Crippen molar-refractivity contribution in [3.8, 4) is 0 Å². The summed E-state index contributed by atoms with van der Waals surface area (Å²) in [5.41, 5.74) is 0.496. The minimum atomic E-state index is -0.353. The number of halogens is 3. The summed E-state index contributed by atoms with van der Waals surface area (Å²) in [4.78, 5) is 0.559. The molecule has 1 aliphatic carbocycles. The molecule has 0 spiro atoms. The van der Waals surface area contributed by atoms with Gasteiger partial charge in [0, 0.05) is 4.83 Å². The average Bonchev–Trinajstić information content (AvgIpc) is 3.06. The molecule has 16 heavy (non-hydrogen) atoms. The van der Waals surface area contributed by atoms with Crippen molar-refractivity contribution in [3.63, 3.8) is 0 Å². The third-order valence-electron chi connectivity index (χ3n) is 3.07. The van der Waals surface area contributed by atoms with Crippen molar-refractivity contribution < 1.29 is 8.78 Å². The molecule has 1 aromatic carbocycles. The highest BCUT2D eigenvalue weighted by atomic mass is 79.9. The second kappa shape index (κ2) is 5.26. The van der Waals surface area contributed by atoms with E-state index in [0.717, 1.165) is 24.8 Å². The number of alkyl halides is 1. The van der Waals surface area contributed by atoms with Gasteiger partial charge in [-0.3, -0.25) is 0 Å². The highest BCUT2D eigenvalue weighted by molar-refractivity contribution is 9.09. The third kappa shape index (κ3) is 3.27. The Balaban J connectivity index is 1.81. The van der Waals surface area contributed by atoms with Gasteiger partial charge in [0.25, 0.3) is 0 Å². The number of aryl methyl sites for hydroxylation is 1. The Morgan fingerprint density at radius 3 is 2.75 bits per heavy atom. The lowest BCUT2D eigenvalue weighted by Gasteiger charge is -2.08. The largest absolute Gasteiger partial charge is 0.207 e. The van der Waals surface area contributed by atoms with Crippen LogP contribution in [0.4, 0.5) is 8.78 Å². The standard InChI is InChI=1S/C13H15BrF2/c14-12(9-4-5-9)3-1-2-10-8-11(15)6-7-13(10)16/h6-9,12H,1-5H2. The smallest absolute Gasteiger partial charge is 0.126 e. The molecule has 88 valence electrons. The zero-order valence-corrected chi connectivity index (χ0v) is 10.6. The van der Waals surface area contributed by atoms with Gasteiger partial charge < -0.3 is 0 Å². The molecule has 1 saturated carbocycles. The first-order valence-corrected chi connectivity index (χ1v) is 6.66. The van der Waals surface area contributed by atoms with E-state index in [1.165, 1.54) is 25.0 Å². The van der Waals surface area contributed by atoms with Crippen molar-refractivity contribution in [2.75, 3.05) is 0 Å². The second-order valence-electron chi connectivity index (χ2n) is 4.48. The van der Waals surface area contributed by atoms with Gasteiger partial charge >= 0.3 is 0 Å². The molecule has 3 heteroatoms. The lowest BCUT2D eigenvalue weighted by atomic mass is 10.1. The molecule has 1 unspecified atom stereocenters. The van der Waals surface area contributed by atoms with Crippen LogP contribution in [0, 0.1) is 17.6 Å². The highest BCUT2D eigenvalue weighted by Gasteiger charge is 2.28. The van der Waals surface area contributed by atoms with Gasteiger partial charge in [-0.1, -0.05) is 15.9 Å². The SMILES string of the molecule is Fc1ccc(F)c(CCCC(Br)C2CC2)c1. The number of rotatable bonds is 5. The van der Waals surface area contributed by atoms with Crippen LogP contribution in [0.2, 0.25) is 0 Å². The lowest BCUT2D eigenvalue weighted by Crippen LogP contribution is -2.01. The molecule has 1 atom stereocenters. The van der Waals surface area contributed by atoms with Crippen LogP contribution < -0.4 is 0 Å². The Labute approximate surface area is 103 Å². The maximum atomic E-state index is 13.3. The molecule has 0 N–H and O–H groups in total. The second-order valence-corrected chi connectivity index (χ2v) is 5.66. The van der Waals surface area contributed by atoms with E-state index < -0.39 is 0 Å². The van der Waals surface area contributed by atoms with Gasteiger partial charge in [0.1, 0.15) is 11.6 Å². The van der Waals surface area contributed by atoms with Crippen molar-refractivity contribution in [2.24, 2.45) is 5.92 Å². The maximum Gasteiger partial charge on any atom is 0.126 e.